The molecule has 0 amide bonds. The van der Waals surface area contributed by atoms with Crippen LogP contribution in [0.1, 0.15) is 53.8 Å². The number of ether oxygens (including phenoxy) is 1. The maximum absolute atomic E-state index is 15.0. The van der Waals surface area contributed by atoms with E-state index in [1.165, 1.54) is 44.6 Å². The first-order valence-electron chi connectivity index (χ1n) is 10.5. The molecule has 0 radical (unpaired) electrons. The lowest BCUT2D eigenvalue weighted by Crippen LogP contribution is -2.19. The van der Waals surface area contributed by atoms with Crippen LogP contribution in [0.25, 0.3) is 16.8 Å². The summed E-state index contributed by atoms with van der Waals surface area (Å²) in [6.07, 6.45) is 4.31. The van der Waals surface area contributed by atoms with Crippen LogP contribution < -0.4 is 4.74 Å². The van der Waals surface area contributed by atoms with Gasteiger partial charge in [-0.1, -0.05) is 18.2 Å². The van der Waals surface area contributed by atoms with Crippen molar-refractivity contribution in [2.75, 3.05) is 0 Å². The van der Waals surface area contributed by atoms with Gasteiger partial charge in [0.1, 0.15) is 28.5 Å². The van der Waals surface area contributed by atoms with Crippen LogP contribution in [0.2, 0.25) is 0 Å². The molecule has 5 rings (SSSR count). The van der Waals surface area contributed by atoms with Crippen LogP contribution in [0.5, 0.6) is 5.75 Å². The third kappa shape index (κ3) is 3.69. The third-order valence-corrected chi connectivity index (χ3v) is 5.75. The number of alkyl halides is 2. The Morgan fingerprint density at radius 2 is 1.91 bits per heavy atom. The first-order valence-corrected chi connectivity index (χ1v) is 10.5. The second kappa shape index (κ2) is 7.91. The highest BCUT2D eigenvalue weighted by molar-refractivity contribution is 6.00. The van der Waals surface area contributed by atoms with Gasteiger partial charge in [0.15, 0.2) is 11.6 Å². The number of halogens is 3. The van der Waals surface area contributed by atoms with Crippen LogP contribution in [-0.2, 0) is 5.60 Å². The minimum Gasteiger partial charge on any atom is -0.435 e. The molecule has 3 aromatic heterocycles. The van der Waals surface area contributed by atoms with Gasteiger partial charge in [-0.15, -0.1) is 0 Å². The molecule has 0 aliphatic heterocycles. The average Bonchev–Trinajstić information content (AvgIpc) is 3.29. The zero-order valence-electron chi connectivity index (χ0n) is 18.2. The molecule has 0 bridgehead atoms. The van der Waals surface area contributed by atoms with Gasteiger partial charge in [0, 0.05) is 53.7 Å². The maximum atomic E-state index is 15.0. The molecule has 174 valence electrons. The molecule has 0 fully saturated rings. The van der Waals surface area contributed by atoms with E-state index in [0.29, 0.717) is 16.8 Å². The van der Waals surface area contributed by atoms with Crippen LogP contribution in [0, 0.1) is 5.82 Å². The lowest BCUT2D eigenvalue weighted by molar-refractivity contribution is -0.0505. The number of carbonyl (C=O) groups is 1. The van der Waals surface area contributed by atoms with Crippen LogP contribution >= 0.6 is 0 Å². The molecule has 1 aromatic carbocycles. The number of aliphatic hydroxyl groups is 1. The summed E-state index contributed by atoms with van der Waals surface area (Å²) >= 11 is 0. The molecule has 0 saturated heterocycles. The van der Waals surface area contributed by atoms with E-state index in [2.05, 4.69) is 19.7 Å². The minimum atomic E-state index is -3.02. The lowest BCUT2D eigenvalue weighted by Gasteiger charge is -2.17. The van der Waals surface area contributed by atoms with E-state index in [1.807, 2.05) is 0 Å². The van der Waals surface area contributed by atoms with E-state index < -0.39 is 23.9 Å². The summed E-state index contributed by atoms with van der Waals surface area (Å²) in [7, 11) is 0. The highest BCUT2D eigenvalue weighted by Gasteiger charge is 2.37. The fourth-order valence-corrected chi connectivity index (χ4v) is 4.22. The summed E-state index contributed by atoms with van der Waals surface area (Å²) in [5, 5.41) is 10.1. The Labute approximate surface area is 191 Å². The normalized spacial score (nSPS) is 15.9. The molecule has 10 heteroatoms. The summed E-state index contributed by atoms with van der Waals surface area (Å²) in [6.45, 7) is 0.0549. The molecule has 34 heavy (non-hydrogen) atoms. The highest BCUT2D eigenvalue weighted by Crippen LogP contribution is 2.42. The van der Waals surface area contributed by atoms with Gasteiger partial charge in [0.2, 0.25) is 0 Å². The summed E-state index contributed by atoms with van der Waals surface area (Å²) in [5.41, 5.74) is 0.532. The average molecular weight is 468 g/mol. The summed E-state index contributed by atoms with van der Waals surface area (Å²) in [5.74, 6) is -1.31. The number of hydrogen-bond donors (Lipinski definition) is 1. The molecule has 3 heterocycles. The van der Waals surface area contributed by atoms with Gasteiger partial charge in [-0.3, -0.25) is 4.79 Å². The fourth-order valence-electron chi connectivity index (χ4n) is 4.22. The second-order valence-corrected chi connectivity index (χ2v) is 8.56. The Bertz CT molecular complexity index is 1410. The van der Waals surface area contributed by atoms with E-state index in [0.717, 1.165) is 0 Å². The van der Waals surface area contributed by atoms with Crippen molar-refractivity contribution >= 4 is 11.4 Å². The smallest absolute Gasteiger partial charge is 0.387 e. The second-order valence-electron chi connectivity index (χ2n) is 8.56. The zero-order chi connectivity index (χ0) is 24.2. The maximum Gasteiger partial charge on any atom is 0.387 e. The number of rotatable bonds is 5. The molecule has 1 atom stereocenters. The van der Waals surface area contributed by atoms with Crippen LogP contribution in [0.15, 0.2) is 48.9 Å². The monoisotopic (exact) mass is 468 g/mol. The standard InChI is InChI=1S/C24H19F3N4O3/c1-24(2,33)22-28-9-12(10-29-22)15-11-31-19(8-16(15)25)30-20-17(32)7-14(21(20)31)13-5-3-4-6-18(13)34-23(26)27/h3-6,8-11,14,23,33H,7H2,1-2H3/t14-/m1/s1. The van der Waals surface area contributed by atoms with Crippen molar-refractivity contribution in [2.45, 2.75) is 38.4 Å². The number of hydrogen-bond acceptors (Lipinski definition) is 6. The Morgan fingerprint density at radius 1 is 1.21 bits per heavy atom. The fraction of sp³-hybridized carbons (Fsp3) is 0.250. The highest BCUT2D eigenvalue weighted by atomic mass is 19.3. The number of nitrogens with zero attached hydrogens (tertiary/aromatic N) is 4. The number of ketones is 1. The molecule has 0 saturated carbocycles. The number of fused-ring (bicyclic) bond motifs is 3. The van der Waals surface area contributed by atoms with Gasteiger partial charge < -0.3 is 14.2 Å². The number of benzene rings is 1. The number of Topliss-reactive ketones (excluding diaryl/α,β-unsaturated/α-hetero) is 1. The zero-order valence-corrected chi connectivity index (χ0v) is 18.2. The molecule has 4 aromatic rings. The largest absolute Gasteiger partial charge is 0.435 e. The first kappa shape index (κ1) is 22.0. The van der Waals surface area contributed by atoms with Gasteiger partial charge in [-0.05, 0) is 19.9 Å². The molecule has 1 aliphatic carbocycles. The van der Waals surface area contributed by atoms with Crippen molar-refractivity contribution in [1.29, 1.82) is 0 Å². The van der Waals surface area contributed by atoms with Crippen LogP contribution in [0.4, 0.5) is 13.2 Å². The van der Waals surface area contributed by atoms with Crippen molar-refractivity contribution in [2.24, 2.45) is 0 Å². The molecular weight excluding hydrogens is 449 g/mol. The third-order valence-electron chi connectivity index (χ3n) is 5.75. The van der Waals surface area contributed by atoms with Crippen molar-refractivity contribution in [3.05, 3.63) is 77.5 Å². The lowest BCUT2D eigenvalue weighted by atomic mass is 9.95. The van der Waals surface area contributed by atoms with Gasteiger partial charge in [0.05, 0.1) is 5.69 Å². The van der Waals surface area contributed by atoms with Crippen LogP contribution in [0.3, 0.4) is 0 Å². The van der Waals surface area contributed by atoms with Crippen molar-refractivity contribution in [1.82, 2.24) is 19.4 Å². The topological polar surface area (TPSA) is 89.6 Å². The molecule has 1 N–H and O–H groups in total. The number of carbonyl (C=O) groups excluding carboxylic acids is 1. The number of para-hydroxylation sites is 1. The Kier molecular flexibility index (Phi) is 5.12. The quantitative estimate of drug-likeness (QED) is 0.465. The van der Waals surface area contributed by atoms with Gasteiger partial charge in [-0.2, -0.15) is 8.78 Å². The van der Waals surface area contributed by atoms with E-state index in [4.69, 9.17) is 0 Å². The molecule has 7 nitrogen and oxygen atoms in total. The Morgan fingerprint density at radius 3 is 2.59 bits per heavy atom. The van der Waals surface area contributed by atoms with Crippen molar-refractivity contribution < 1.29 is 27.8 Å². The van der Waals surface area contributed by atoms with Gasteiger partial charge in [-0.25, -0.2) is 19.3 Å². The van der Waals surface area contributed by atoms with Crippen molar-refractivity contribution in [3.63, 3.8) is 0 Å². The SMILES string of the molecule is CC(C)(O)c1ncc(-c2cn3c4c(nc3cc2F)C(=O)C[C@@H]4c2ccccc2OC(F)F)cn1. The minimum absolute atomic E-state index is 0.0281. The molecule has 1 aliphatic rings. The van der Waals surface area contributed by atoms with E-state index >= 15 is 0 Å². The number of aromatic nitrogens is 4. The summed E-state index contributed by atoms with van der Waals surface area (Å²) in [6, 6.07) is 7.48. The Balaban J connectivity index is 1.65. The van der Waals surface area contributed by atoms with E-state index in [9.17, 15) is 23.1 Å². The first-order chi connectivity index (χ1) is 16.1. The van der Waals surface area contributed by atoms with Gasteiger partial charge in [0.25, 0.3) is 0 Å². The van der Waals surface area contributed by atoms with Gasteiger partial charge >= 0.3 is 6.61 Å². The summed E-state index contributed by atoms with van der Waals surface area (Å²) < 4.78 is 47.2. The van der Waals surface area contributed by atoms with E-state index in [1.54, 1.807) is 22.6 Å². The predicted octanol–water partition coefficient (Wildman–Crippen LogP) is 4.48. The van der Waals surface area contributed by atoms with Crippen molar-refractivity contribution in [3.8, 4) is 16.9 Å². The number of pyridine rings is 1. The Hall–Kier alpha value is -3.79. The molecule has 0 unspecified atom stereocenters. The molecule has 0 spiro atoms. The number of imidazole rings is 1. The molecular formula is C24H19F3N4O3. The predicted molar refractivity (Wildman–Crippen MR) is 115 cm³/mol. The van der Waals surface area contributed by atoms with E-state index in [-0.39, 0.29) is 40.7 Å². The van der Waals surface area contributed by atoms with Crippen LogP contribution in [-0.4, -0.2) is 36.9 Å². The summed E-state index contributed by atoms with van der Waals surface area (Å²) in [4.78, 5) is 25.3.